The largest absolute Gasteiger partial charge is 0.293 e. The fourth-order valence-electron chi connectivity index (χ4n) is 4.99. The average Bonchev–Trinajstić information content (AvgIpc) is 2.68. The van der Waals surface area contributed by atoms with Crippen LogP contribution in [-0.4, -0.2) is 17.7 Å². The van der Waals surface area contributed by atoms with E-state index in [0.29, 0.717) is 23.7 Å². The Morgan fingerprint density at radius 3 is 1.53 bits per heavy atom. The van der Waals surface area contributed by atoms with E-state index in [2.05, 4.69) is 0 Å². The maximum Gasteiger partial charge on any atom is 0.174 e. The van der Waals surface area contributed by atoms with Crippen LogP contribution in [0.4, 0.5) is 0 Å². The number of hydrogen-bond donors (Lipinski definition) is 0. The standard InChI is InChI=1S/C28H37O3P/c1-16(15-32-31)14-28(8,9)25(26(29)23-19(4)12-10-17(2)21(23)6)27(30)24-20(5)13-11-18(3)22(24)7/h10-13,16,25H,14-15H2,1-9H3. The lowest BCUT2D eigenvalue weighted by atomic mass is 9.66. The molecule has 0 radical (unpaired) electrons. The molecule has 0 aromatic heterocycles. The quantitative estimate of drug-likeness (QED) is 0.224. The summed E-state index contributed by atoms with van der Waals surface area (Å²) in [5.41, 5.74) is 6.49. The Bertz CT molecular complexity index is 980. The first-order valence-corrected chi connectivity index (χ1v) is 12.3. The Kier molecular flexibility index (Phi) is 8.34. The van der Waals surface area contributed by atoms with Gasteiger partial charge in [-0.2, -0.15) is 0 Å². The second kappa shape index (κ2) is 10.2. The Morgan fingerprint density at radius 1 is 0.781 bits per heavy atom. The van der Waals surface area contributed by atoms with Crippen LogP contribution in [0.3, 0.4) is 0 Å². The number of ketones is 2. The second-order valence-corrected chi connectivity index (χ2v) is 10.8. The molecule has 0 heterocycles. The highest BCUT2D eigenvalue weighted by Crippen LogP contribution is 2.41. The Balaban J connectivity index is 2.73. The molecule has 0 saturated heterocycles. The maximum atomic E-state index is 14.2. The second-order valence-electron chi connectivity index (χ2n) is 10.2. The monoisotopic (exact) mass is 452 g/mol. The average molecular weight is 453 g/mol. The Labute approximate surface area is 195 Å². The summed E-state index contributed by atoms with van der Waals surface area (Å²) in [7, 11) is 0.0933. The first kappa shape index (κ1) is 26.1. The van der Waals surface area contributed by atoms with Crippen LogP contribution in [0.25, 0.3) is 0 Å². The minimum absolute atomic E-state index is 0.0933. The predicted molar refractivity (Wildman–Crippen MR) is 133 cm³/mol. The van der Waals surface area contributed by atoms with Crippen molar-refractivity contribution in [3.8, 4) is 0 Å². The van der Waals surface area contributed by atoms with Crippen LogP contribution in [0.1, 0.15) is 81.3 Å². The molecule has 1 atom stereocenters. The summed E-state index contributed by atoms with van der Waals surface area (Å²) >= 11 is 0. The van der Waals surface area contributed by atoms with E-state index in [9.17, 15) is 14.2 Å². The van der Waals surface area contributed by atoms with E-state index in [1.54, 1.807) is 0 Å². The van der Waals surface area contributed by atoms with E-state index in [4.69, 9.17) is 0 Å². The van der Waals surface area contributed by atoms with E-state index in [0.717, 1.165) is 33.4 Å². The van der Waals surface area contributed by atoms with Crippen molar-refractivity contribution in [1.82, 2.24) is 0 Å². The van der Waals surface area contributed by atoms with Crippen LogP contribution in [0, 0.1) is 58.8 Å². The summed E-state index contributed by atoms with van der Waals surface area (Å²) in [6.45, 7) is 17.9. The van der Waals surface area contributed by atoms with Gasteiger partial charge in [-0.15, -0.1) is 0 Å². The highest BCUT2D eigenvalue weighted by molar-refractivity contribution is 7.23. The van der Waals surface area contributed by atoms with Crippen LogP contribution >= 0.6 is 8.46 Å². The molecule has 2 aromatic carbocycles. The van der Waals surface area contributed by atoms with E-state index in [-0.39, 0.29) is 25.9 Å². The number of Topliss-reactive ketones (excluding diaryl/α,β-unsaturated/α-hetero) is 2. The summed E-state index contributed by atoms with van der Waals surface area (Å²) in [5, 5.41) is 0. The zero-order valence-corrected chi connectivity index (χ0v) is 21.9. The molecule has 1 unspecified atom stereocenters. The topological polar surface area (TPSA) is 51.2 Å². The number of hydrogen-bond acceptors (Lipinski definition) is 3. The number of rotatable bonds is 9. The van der Waals surface area contributed by atoms with Crippen LogP contribution < -0.4 is 0 Å². The van der Waals surface area contributed by atoms with Gasteiger partial charge in [-0.25, -0.2) is 0 Å². The number of benzene rings is 2. The van der Waals surface area contributed by atoms with Gasteiger partial charge in [0.25, 0.3) is 0 Å². The lowest BCUT2D eigenvalue weighted by molar-refractivity contribution is 0.0640. The molecule has 2 rings (SSSR count). The smallest absolute Gasteiger partial charge is 0.174 e. The number of carbonyl (C=O) groups is 2. The van der Waals surface area contributed by atoms with Gasteiger partial charge in [0.2, 0.25) is 0 Å². The van der Waals surface area contributed by atoms with Crippen molar-refractivity contribution in [3.05, 3.63) is 68.8 Å². The predicted octanol–water partition coefficient (Wildman–Crippen LogP) is 7.56. The molecule has 0 aliphatic carbocycles. The molecule has 0 aliphatic rings. The van der Waals surface area contributed by atoms with E-state index >= 15 is 0 Å². The highest BCUT2D eigenvalue weighted by Gasteiger charge is 2.43. The van der Waals surface area contributed by atoms with Crippen LogP contribution in [-0.2, 0) is 4.57 Å². The first-order chi connectivity index (χ1) is 14.8. The summed E-state index contributed by atoms with van der Waals surface area (Å²) in [4.78, 5) is 28.3. The summed E-state index contributed by atoms with van der Waals surface area (Å²) in [5.74, 6) is -0.893. The van der Waals surface area contributed by atoms with Gasteiger partial charge >= 0.3 is 0 Å². The molecule has 0 N–H and O–H groups in total. The van der Waals surface area contributed by atoms with E-state index in [1.807, 2.05) is 86.6 Å². The lowest BCUT2D eigenvalue weighted by Crippen LogP contribution is -2.40. The Morgan fingerprint density at radius 2 is 1.16 bits per heavy atom. The molecule has 0 spiro atoms. The summed E-state index contributed by atoms with van der Waals surface area (Å²) in [6.07, 6.45) is 1.15. The van der Waals surface area contributed by atoms with Crippen molar-refractivity contribution >= 4 is 20.0 Å². The molecule has 0 aliphatic heterocycles. The molecule has 2 aromatic rings. The van der Waals surface area contributed by atoms with Gasteiger partial charge in [0, 0.05) is 17.3 Å². The molecular weight excluding hydrogens is 415 g/mol. The zero-order valence-electron chi connectivity index (χ0n) is 21.1. The third kappa shape index (κ3) is 5.26. The molecule has 0 saturated carbocycles. The van der Waals surface area contributed by atoms with Crippen molar-refractivity contribution in [2.45, 2.75) is 68.7 Å². The van der Waals surface area contributed by atoms with Crippen molar-refractivity contribution in [2.24, 2.45) is 17.3 Å². The molecule has 0 fully saturated rings. The first-order valence-electron chi connectivity index (χ1n) is 11.3. The fraction of sp³-hybridized carbons (Fsp3) is 0.500. The molecule has 4 heteroatoms. The van der Waals surface area contributed by atoms with E-state index in [1.165, 1.54) is 0 Å². The van der Waals surface area contributed by atoms with Gasteiger partial charge in [-0.1, -0.05) is 45.0 Å². The van der Waals surface area contributed by atoms with Gasteiger partial charge in [-0.05, 0) is 92.7 Å². The zero-order chi connectivity index (χ0) is 24.4. The SMILES string of the molecule is Cc1ccc(C)c(C(=O)C(C(=O)c2c(C)ccc(C)c2C)C(C)(C)CC(C)CP=O)c1C. The summed E-state index contributed by atoms with van der Waals surface area (Å²) in [6, 6.07) is 7.97. The molecule has 0 bridgehead atoms. The summed E-state index contributed by atoms with van der Waals surface area (Å²) < 4.78 is 11.2. The molecule has 0 amide bonds. The van der Waals surface area contributed by atoms with Crippen molar-refractivity contribution in [2.75, 3.05) is 6.16 Å². The molecular formula is C28H37O3P. The van der Waals surface area contributed by atoms with Gasteiger partial charge in [0.15, 0.2) is 20.0 Å². The molecule has 32 heavy (non-hydrogen) atoms. The fourth-order valence-corrected chi connectivity index (χ4v) is 5.37. The van der Waals surface area contributed by atoms with Crippen LogP contribution in [0.15, 0.2) is 24.3 Å². The molecule has 3 nitrogen and oxygen atoms in total. The minimum atomic E-state index is -0.813. The Hall–Kier alpha value is -2.12. The third-order valence-corrected chi connectivity index (χ3v) is 7.72. The van der Waals surface area contributed by atoms with Gasteiger partial charge in [-0.3, -0.25) is 14.2 Å². The van der Waals surface area contributed by atoms with Crippen molar-refractivity contribution in [3.63, 3.8) is 0 Å². The maximum absolute atomic E-state index is 14.2. The van der Waals surface area contributed by atoms with Gasteiger partial charge in [0.1, 0.15) is 0 Å². The van der Waals surface area contributed by atoms with Gasteiger partial charge < -0.3 is 0 Å². The van der Waals surface area contributed by atoms with E-state index < -0.39 is 11.3 Å². The normalized spacial score (nSPS) is 12.9. The van der Waals surface area contributed by atoms with Gasteiger partial charge in [0.05, 0.1) is 5.92 Å². The highest BCUT2D eigenvalue weighted by atomic mass is 31.1. The van der Waals surface area contributed by atoms with Crippen LogP contribution in [0.5, 0.6) is 0 Å². The molecule has 172 valence electrons. The van der Waals surface area contributed by atoms with Crippen molar-refractivity contribution in [1.29, 1.82) is 0 Å². The lowest BCUT2D eigenvalue weighted by Gasteiger charge is -2.35. The third-order valence-electron chi connectivity index (χ3n) is 6.95. The van der Waals surface area contributed by atoms with Crippen LogP contribution in [0.2, 0.25) is 0 Å². The van der Waals surface area contributed by atoms with Crippen molar-refractivity contribution < 1.29 is 14.2 Å². The number of carbonyl (C=O) groups excluding carboxylic acids is 2. The minimum Gasteiger partial charge on any atom is -0.293 e. The number of aryl methyl sites for hydroxylation is 4.